The standard InChI is InChI=1S/C29H28N2O7S/c1-5-7-14-37-20-13-12-17(15-21(20)35-4)23-22-24(32)18-10-8-9-11-19(18)38-25(22)27(33)31(23)29-30-16(3)26(39-29)28(34)36-6-2/h8-13,15,23H,5-7,14H2,1-4H3. The molecule has 39 heavy (non-hydrogen) atoms. The maximum Gasteiger partial charge on any atom is 0.350 e. The third kappa shape index (κ3) is 4.65. The van der Waals surface area contributed by atoms with Crippen molar-refractivity contribution < 1.29 is 28.2 Å². The lowest BCUT2D eigenvalue weighted by Crippen LogP contribution is -2.29. The van der Waals surface area contributed by atoms with E-state index < -0.39 is 17.9 Å². The van der Waals surface area contributed by atoms with Gasteiger partial charge in [-0.15, -0.1) is 0 Å². The van der Waals surface area contributed by atoms with Gasteiger partial charge < -0.3 is 18.6 Å². The Hall–Kier alpha value is -4.18. The van der Waals surface area contributed by atoms with E-state index in [2.05, 4.69) is 11.9 Å². The lowest BCUT2D eigenvalue weighted by molar-refractivity contribution is 0.0531. The minimum atomic E-state index is -0.868. The van der Waals surface area contributed by atoms with Gasteiger partial charge in [-0.25, -0.2) is 9.78 Å². The molecule has 1 aliphatic rings. The SMILES string of the molecule is CCCCOc1ccc(C2c3c(oc4ccccc4c3=O)C(=O)N2c2nc(C)c(C(=O)OCC)s2)cc1OC. The number of methoxy groups -OCH3 is 1. The van der Waals surface area contributed by atoms with Crippen LogP contribution in [0.4, 0.5) is 5.13 Å². The van der Waals surface area contributed by atoms with Gasteiger partial charge in [-0.1, -0.05) is 42.9 Å². The van der Waals surface area contributed by atoms with Crippen molar-refractivity contribution in [3.8, 4) is 11.5 Å². The number of esters is 1. The van der Waals surface area contributed by atoms with Crippen LogP contribution in [0, 0.1) is 6.92 Å². The lowest BCUT2D eigenvalue weighted by atomic mass is 9.98. The van der Waals surface area contributed by atoms with Crippen molar-refractivity contribution in [2.45, 2.75) is 39.7 Å². The van der Waals surface area contributed by atoms with Crippen LogP contribution in [0.3, 0.4) is 0 Å². The van der Waals surface area contributed by atoms with Gasteiger partial charge in [0.2, 0.25) is 5.76 Å². The number of hydrogen-bond donors (Lipinski definition) is 0. The van der Waals surface area contributed by atoms with Gasteiger partial charge in [0.05, 0.1) is 43.0 Å². The molecule has 0 saturated carbocycles. The second-order valence-electron chi connectivity index (χ2n) is 8.99. The number of ether oxygens (including phenoxy) is 3. The zero-order chi connectivity index (χ0) is 27.7. The first kappa shape index (κ1) is 26.4. The molecule has 0 bridgehead atoms. The molecule has 5 rings (SSSR count). The number of carbonyl (C=O) groups excluding carboxylic acids is 2. The smallest absolute Gasteiger partial charge is 0.350 e. The van der Waals surface area contributed by atoms with Gasteiger partial charge in [0.15, 0.2) is 22.1 Å². The van der Waals surface area contributed by atoms with Gasteiger partial charge in [0.1, 0.15) is 10.5 Å². The number of amides is 1. The highest BCUT2D eigenvalue weighted by Gasteiger charge is 2.45. The fraction of sp³-hybridized carbons (Fsp3) is 0.310. The molecule has 4 aromatic rings. The summed E-state index contributed by atoms with van der Waals surface area (Å²) < 4.78 is 22.7. The first-order chi connectivity index (χ1) is 18.9. The number of fused-ring (bicyclic) bond motifs is 2. The molecule has 0 spiro atoms. The third-order valence-corrected chi connectivity index (χ3v) is 7.63. The summed E-state index contributed by atoms with van der Waals surface area (Å²) in [6, 6.07) is 11.3. The number of nitrogens with zero attached hydrogens (tertiary/aromatic N) is 2. The van der Waals surface area contributed by atoms with Gasteiger partial charge in [0.25, 0.3) is 5.91 Å². The van der Waals surface area contributed by atoms with Crippen LogP contribution in [0.5, 0.6) is 11.5 Å². The van der Waals surface area contributed by atoms with Gasteiger partial charge in [-0.3, -0.25) is 14.5 Å². The number of benzene rings is 2. The predicted octanol–water partition coefficient (Wildman–Crippen LogP) is 5.67. The summed E-state index contributed by atoms with van der Waals surface area (Å²) in [4.78, 5) is 46.4. The number of anilines is 1. The molecule has 10 heteroatoms. The maximum atomic E-state index is 13.9. The Balaban J connectivity index is 1.69. The van der Waals surface area contributed by atoms with Crippen molar-refractivity contribution in [2.75, 3.05) is 25.2 Å². The Morgan fingerprint density at radius 2 is 1.92 bits per heavy atom. The highest BCUT2D eigenvalue weighted by atomic mass is 32.1. The Kier molecular flexibility index (Phi) is 7.38. The van der Waals surface area contributed by atoms with Crippen LogP contribution in [-0.2, 0) is 4.74 Å². The van der Waals surface area contributed by atoms with Crippen LogP contribution in [0.15, 0.2) is 51.7 Å². The largest absolute Gasteiger partial charge is 0.493 e. The van der Waals surface area contributed by atoms with Crippen molar-refractivity contribution in [3.63, 3.8) is 0 Å². The highest BCUT2D eigenvalue weighted by molar-refractivity contribution is 7.17. The fourth-order valence-electron chi connectivity index (χ4n) is 4.60. The van der Waals surface area contributed by atoms with Gasteiger partial charge >= 0.3 is 5.97 Å². The molecule has 0 fully saturated rings. The fourth-order valence-corrected chi connectivity index (χ4v) is 5.59. The second kappa shape index (κ2) is 10.9. The van der Waals surface area contributed by atoms with E-state index in [0.29, 0.717) is 40.3 Å². The predicted molar refractivity (Wildman–Crippen MR) is 147 cm³/mol. The van der Waals surface area contributed by atoms with E-state index >= 15 is 0 Å². The summed E-state index contributed by atoms with van der Waals surface area (Å²) in [7, 11) is 1.54. The van der Waals surface area contributed by atoms with E-state index in [1.807, 2.05) is 0 Å². The molecular formula is C29H28N2O7S. The van der Waals surface area contributed by atoms with E-state index in [1.54, 1.807) is 56.3 Å². The number of carbonyl (C=O) groups is 2. The molecule has 0 aliphatic carbocycles. The zero-order valence-corrected chi connectivity index (χ0v) is 22.9. The molecule has 202 valence electrons. The highest BCUT2D eigenvalue weighted by Crippen LogP contribution is 2.44. The van der Waals surface area contributed by atoms with Crippen molar-refractivity contribution in [2.24, 2.45) is 0 Å². The first-order valence-corrected chi connectivity index (χ1v) is 13.6. The lowest BCUT2D eigenvalue weighted by Gasteiger charge is -2.23. The second-order valence-corrected chi connectivity index (χ2v) is 9.97. The van der Waals surface area contributed by atoms with Crippen LogP contribution in [-0.4, -0.2) is 37.2 Å². The minimum Gasteiger partial charge on any atom is -0.493 e. The number of unbranched alkanes of at least 4 members (excludes halogenated alkanes) is 1. The van der Waals surface area contributed by atoms with E-state index in [0.717, 1.165) is 24.2 Å². The molecule has 0 saturated heterocycles. The Labute approximate surface area is 228 Å². The summed E-state index contributed by atoms with van der Waals surface area (Å²) in [6.07, 6.45) is 1.88. The van der Waals surface area contributed by atoms with Gasteiger partial charge in [0, 0.05) is 0 Å². The van der Waals surface area contributed by atoms with Crippen LogP contribution >= 0.6 is 11.3 Å². The normalized spacial score (nSPS) is 14.5. The molecule has 0 radical (unpaired) electrons. The van der Waals surface area contributed by atoms with Crippen molar-refractivity contribution in [1.29, 1.82) is 0 Å². The van der Waals surface area contributed by atoms with Crippen molar-refractivity contribution in [3.05, 3.63) is 80.1 Å². The Bertz CT molecular complexity index is 1620. The summed E-state index contributed by atoms with van der Waals surface area (Å²) in [6.45, 7) is 6.22. The van der Waals surface area contributed by atoms with E-state index in [1.165, 1.54) is 12.0 Å². The molecule has 9 nitrogen and oxygen atoms in total. The van der Waals surface area contributed by atoms with Gasteiger partial charge in [-0.05, 0) is 50.1 Å². The van der Waals surface area contributed by atoms with Crippen LogP contribution in [0.2, 0.25) is 0 Å². The molecule has 1 atom stereocenters. The summed E-state index contributed by atoms with van der Waals surface area (Å²) in [5.74, 6) is -0.0708. The van der Waals surface area contributed by atoms with Crippen molar-refractivity contribution >= 4 is 39.3 Å². The third-order valence-electron chi connectivity index (χ3n) is 6.49. The number of aromatic nitrogens is 1. The van der Waals surface area contributed by atoms with Crippen LogP contribution in [0.25, 0.3) is 11.0 Å². The summed E-state index contributed by atoms with van der Waals surface area (Å²) in [5, 5.41) is 0.618. The van der Waals surface area contributed by atoms with E-state index in [-0.39, 0.29) is 33.4 Å². The Morgan fingerprint density at radius 1 is 1.13 bits per heavy atom. The molecule has 0 N–H and O–H groups in total. The van der Waals surface area contributed by atoms with Crippen LogP contribution < -0.4 is 19.8 Å². The average molecular weight is 549 g/mol. The average Bonchev–Trinajstić information content (AvgIpc) is 3.46. The number of hydrogen-bond acceptors (Lipinski definition) is 9. The first-order valence-electron chi connectivity index (χ1n) is 12.7. The number of para-hydroxylation sites is 1. The van der Waals surface area contributed by atoms with Crippen LogP contribution in [0.1, 0.15) is 69.8 Å². The number of aryl methyl sites for hydroxylation is 1. The molecule has 2 aromatic carbocycles. The minimum absolute atomic E-state index is 0.0588. The molecule has 2 aromatic heterocycles. The molecule has 1 unspecified atom stereocenters. The number of rotatable bonds is 9. The molecular weight excluding hydrogens is 520 g/mol. The van der Waals surface area contributed by atoms with Gasteiger partial charge in [-0.2, -0.15) is 0 Å². The molecule has 3 heterocycles. The van der Waals surface area contributed by atoms with E-state index in [9.17, 15) is 14.4 Å². The quantitative estimate of drug-likeness (QED) is 0.194. The maximum absolute atomic E-state index is 13.9. The number of thiazole rings is 1. The molecule has 1 aliphatic heterocycles. The summed E-state index contributed by atoms with van der Waals surface area (Å²) in [5.41, 5.74) is 1.24. The monoisotopic (exact) mass is 548 g/mol. The summed E-state index contributed by atoms with van der Waals surface area (Å²) >= 11 is 1.03. The van der Waals surface area contributed by atoms with E-state index in [4.69, 9.17) is 18.6 Å². The molecule has 1 amide bonds. The zero-order valence-electron chi connectivity index (χ0n) is 22.1. The Morgan fingerprint density at radius 3 is 2.67 bits per heavy atom. The van der Waals surface area contributed by atoms with Crippen molar-refractivity contribution in [1.82, 2.24) is 4.98 Å². The topological polar surface area (TPSA) is 108 Å².